The molecule has 0 aliphatic rings. The van der Waals surface area contributed by atoms with E-state index in [4.69, 9.17) is 4.74 Å². The van der Waals surface area contributed by atoms with Gasteiger partial charge in [0.1, 0.15) is 17.4 Å². The van der Waals surface area contributed by atoms with E-state index in [1.54, 1.807) is 19.2 Å². The van der Waals surface area contributed by atoms with Crippen LogP contribution in [0.15, 0.2) is 40.9 Å². The summed E-state index contributed by atoms with van der Waals surface area (Å²) in [4.78, 5) is 4.20. The fourth-order valence-electron chi connectivity index (χ4n) is 1.28. The van der Waals surface area contributed by atoms with Gasteiger partial charge in [0.15, 0.2) is 0 Å². The van der Waals surface area contributed by atoms with Crippen LogP contribution in [-0.2, 0) is 0 Å². The van der Waals surface area contributed by atoms with Gasteiger partial charge < -0.3 is 10.1 Å². The summed E-state index contributed by atoms with van der Waals surface area (Å²) in [5, 5.41) is 2.91. The molecule has 0 bridgehead atoms. The van der Waals surface area contributed by atoms with E-state index in [1.165, 1.54) is 12.1 Å². The van der Waals surface area contributed by atoms with Crippen LogP contribution >= 0.6 is 15.9 Å². The first-order valence-electron chi connectivity index (χ1n) is 4.97. The molecule has 0 atom stereocenters. The first kappa shape index (κ1) is 11.9. The second-order valence-electron chi connectivity index (χ2n) is 3.29. The summed E-state index contributed by atoms with van der Waals surface area (Å²) in [6, 6.07) is 9.61. The Hall–Kier alpha value is -1.62. The van der Waals surface area contributed by atoms with E-state index < -0.39 is 0 Å². The molecule has 17 heavy (non-hydrogen) atoms. The largest absolute Gasteiger partial charge is 0.438 e. The van der Waals surface area contributed by atoms with E-state index in [2.05, 4.69) is 26.2 Å². The summed E-state index contributed by atoms with van der Waals surface area (Å²) >= 11 is 3.23. The highest BCUT2D eigenvalue weighted by molar-refractivity contribution is 9.10. The zero-order valence-corrected chi connectivity index (χ0v) is 10.7. The predicted octanol–water partition coefficient (Wildman–Crippen LogP) is 3.82. The van der Waals surface area contributed by atoms with Crippen LogP contribution in [0, 0.1) is 5.82 Å². The first-order valence-corrected chi connectivity index (χ1v) is 5.76. The number of nitrogens with one attached hydrogen (secondary N) is 1. The number of halogens is 2. The van der Waals surface area contributed by atoms with Gasteiger partial charge in [0.05, 0.1) is 4.47 Å². The number of ether oxygens (including phenoxy) is 1. The van der Waals surface area contributed by atoms with Crippen LogP contribution in [0.25, 0.3) is 0 Å². The van der Waals surface area contributed by atoms with E-state index >= 15 is 0 Å². The molecule has 0 radical (unpaired) electrons. The van der Waals surface area contributed by atoms with Crippen molar-refractivity contribution in [2.24, 2.45) is 0 Å². The molecule has 1 aromatic carbocycles. The molecule has 0 aliphatic heterocycles. The van der Waals surface area contributed by atoms with E-state index in [0.29, 0.717) is 21.9 Å². The van der Waals surface area contributed by atoms with Crippen molar-refractivity contribution in [2.45, 2.75) is 0 Å². The van der Waals surface area contributed by atoms with Crippen molar-refractivity contribution in [1.82, 2.24) is 4.98 Å². The molecule has 0 saturated heterocycles. The molecule has 0 saturated carbocycles. The fraction of sp³-hybridized carbons (Fsp3) is 0.0833. The lowest BCUT2D eigenvalue weighted by Gasteiger charge is -2.07. The Labute approximate surface area is 107 Å². The van der Waals surface area contributed by atoms with Crippen LogP contribution in [0.2, 0.25) is 0 Å². The number of hydrogen-bond acceptors (Lipinski definition) is 3. The van der Waals surface area contributed by atoms with Crippen LogP contribution in [0.4, 0.5) is 10.2 Å². The summed E-state index contributed by atoms with van der Waals surface area (Å²) in [5.74, 6) is 1.36. The molecule has 2 aromatic rings. The maximum atomic E-state index is 12.9. The zero-order valence-electron chi connectivity index (χ0n) is 9.08. The highest BCUT2D eigenvalue weighted by Gasteiger charge is 2.05. The lowest BCUT2D eigenvalue weighted by atomic mass is 10.3. The van der Waals surface area contributed by atoms with Crippen molar-refractivity contribution in [2.75, 3.05) is 12.4 Å². The average molecular weight is 297 g/mol. The van der Waals surface area contributed by atoms with Crippen molar-refractivity contribution >= 4 is 21.7 Å². The van der Waals surface area contributed by atoms with Gasteiger partial charge >= 0.3 is 0 Å². The maximum Gasteiger partial charge on any atom is 0.221 e. The maximum absolute atomic E-state index is 12.9. The normalized spacial score (nSPS) is 10.1. The first-order chi connectivity index (χ1) is 8.19. The van der Waals surface area contributed by atoms with Gasteiger partial charge in [0, 0.05) is 13.1 Å². The lowest BCUT2D eigenvalue weighted by Crippen LogP contribution is -1.94. The summed E-state index contributed by atoms with van der Waals surface area (Å²) < 4.78 is 19.0. The van der Waals surface area contributed by atoms with Crippen LogP contribution < -0.4 is 10.1 Å². The Morgan fingerprint density at radius 1 is 1.29 bits per heavy atom. The van der Waals surface area contributed by atoms with Crippen molar-refractivity contribution in [3.63, 3.8) is 0 Å². The minimum Gasteiger partial charge on any atom is -0.438 e. The van der Waals surface area contributed by atoms with Gasteiger partial charge in [-0.2, -0.15) is 4.98 Å². The number of nitrogens with zero attached hydrogens (tertiary/aromatic N) is 1. The standard InChI is InChI=1S/C12H10BrFN2O/c1-15-11-3-2-4-12(16-11)17-10-6-5-8(14)7-9(10)13/h2-7H,1H3,(H,15,16). The minimum absolute atomic E-state index is 0.318. The van der Waals surface area contributed by atoms with E-state index in [1.807, 2.05) is 12.1 Å². The third-order valence-electron chi connectivity index (χ3n) is 2.09. The summed E-state index contributed by atoms with van der Waals surface area (Å²) in [7, 11) is 1.78. The van der Waals surface area contributed by atoms with Gasteiger partial charge in [0.25, 0.3) is 0 Å². The quantitative estimate of drug-likeness (QED) is 0.935. The molecule has 2 rings (SSSR count). The van der Waals surface area contributed by atoms with E-state index in [9.17, 15) is 4.39 Å². The molecule has 3 nitrogen and oxygen atoms in total. The van der Waals surface area contributed by atoms with Gasteiger partial charge in [-0.15, -0.1) is 0 Å². The van der Waals surface area contributed by atoms with Gasteiger partial charge in [-0.1, -0.05) is 6.07 Å². The van der Waals surface area contributed by atoms with E-state index in [-0.39, 0.29) is 5.82 Å². The zero-order chi connectivity index (χ0) is 12.3. The van der Waals surface area contributed by atoms with Gasteiger partial charge in [-0.25, -0.2) is 4.39 Å². The number of hydrogen-bond donors (Lipinski definition) is 1. The third-order valence-corrected chi connectivity index (χ3v) is 2.71. The molecule has 5 heteroatoms. The summed E-state index contributed by atoms with van der Waals surface area (Å²) in [6.07, 6.45) is 0. The SMILES string of the molecule is CNc1cccc(Oc2ccc(F)cc2Br)n1. The van der Waals surface area contributed by atoms with Crippen LogP contribution in [0.5, 0.6) is 11.6 Å². The summed E-state index contributed by atoms with van der Waals surface area (Å²) in [6.45, 7) is 0. The Bertz CT molecular complexity index is 534. The van der Waals surface area contributed by atoms with Crippen LogP contribution in [-0.4, -0.2) is 12.0 Å². The van der Waals surface area contributed by atoms with Crippen molar-refractivity contribution < 1.29 is 9.13 Å². The molecule has 0 spiro atoms. The molecule has 0 unspecified atom stereocenters. The van der Waals surface area contributed by atoms with Crippen molar-refractivity contribution in [1.29, 1.82) is 0 Å². The highest BCUT2D eigenvalue weighted by atomic mass is 79.9. The second kappa shape index (κ2) is 5.14. The topological polar surface area (TPSA) is 34.1 Å². The lowest BCUT2D eigenvalue weighted by molar-refractivity contribution is 0.459. The predicted molar refractivity (Wildman–Crippen MR) is 68.0 cm³/mol. The molecular formula is C12H10BrFN2O. The van der Waals surface area contributed by atoms with Gasteiger partial charge in [0.2, 0.25) is 5.88 Å². The fourth-order valence-corrected chi connectivity index (χ4v) is 1.71. The summed E-state index contributed by atoms with van der Waals surface area (Å²) in [5.41, 5.74) is 0. The Balaban J connectivity index is 2.25. The molecule has 0 aliphatic carbocycles. The van der Waals surface area contributed by atoms with Crippen LogP contribution in [0.1, 0.15) is 0 Å². The average Bonchev–Trinajstić information content (AvgIpc) is 2.33. The van der Waals surface area contributed by atoms with Crippen molar-refractivity contribution in [3.8, 4) is 11.6 Å². The molecule has 0 amide bonds. The van der Waals surface area contributed by atoms with Crippen molar-refractivity contribution in [3.05, 3.63) is 46.7 Å². The monoisotopic (exact) mass is 296 g/mol. The third kappa shape index (κ3) is 2.94. The molecule has 0 fully saturated rings. The van der Waals surface area contributed by atoms with Gasteiger partial charge in [-0.05, 0) is 40.2 Å². The number of anilines is 1. The van der Waals surface area contributed by atoms with Crippen LogP contribution in [0.3, 0.4) is 0 Å². The minimum atomic E-state index is -0.318. The number of rotatable bonds is 3. The van der Waals surface area contributed by atoms with Gasteiger partial charge in [-0.3, -0.25) is 0 Å². The van der Waals surface area contributed by atoms with E-state index in [0.717, 1.165) is 0 Å². The highest BCUT2D eigenvalue weighted by Crippen LogP contribution is 2.29. The smallest absolute Gasteiger partial charge is 0.221 e. The molecular weight excluding hydrogens is 287 g/mol. The Morgan fingerprint density at radius 3 is 2.82 bits per heavy atom. The Kier molecular flexibility index (Phi) is 3.58. The number of aromatic nitrogens is 1. The number of pyridine rings is 1. The second-order valence-corrected chi connectivity index (χ2v) is 4.14. The molecule has 1 N–H and O–H groups in total. The molecule has 88 valence electrons. The molecule has 1 heterocycles. The molecule has 1 aromatic heterocycles. The Morgan fingerprint density at radius 2 is 2.12 bits per heavy atom. The number of benzene rings is 1.